The van der Waals surface area contributed by atoms with E-state index in [1.54, 1.807) is 24.3 Å². The zero-order valence-corrected chi connectivity index (χ0v) is 43.8. The van der Waals surface area contributed by atoms with Crippen molar-refractivity contribution in [3.63, 3.8) is 0 Å². The molecule has 0 bridgehead atoms. The molecule has 0 spiro atoms. The van der Waals surface area contributed by atoms with Crippen LogP contribution in [0.15, 0.2) is 48.5 Å². The third kappa shape index (κ3) is 33.2. The van der Waals surface area contributed by atoms with Crippen molar-refractivity contribution in [1.82, 2.24) is 0 Å². The summed E-state index contributed by atoms with van der Waals surface area (Å²) in [6.07, 6.45) is 39.6. The number of ether oxygens (including phenoxy) is 2. The molecule has 2 rings (SSSR count). The summed E-state index contributed by atoms with van der Waals surface area (Å²) in [5.74, 6) is -1.34. The van der Waals surface area contributed by atoms with Crippen molar-refractivity contribution in [3.05, 3.63) is 70.8 Å². The summed E-state index contributed by atoms with van der Waals surface area (Å²) in [7, 11) is 0. The van der Waals surface area contributed by atoms with Gasteiger partial charge in [-0.25, -0.2) is 14.4 Å². The largest absolute Gasteiger partial charge is 0.513 e. The van der Waals surface area contributed by atoms with Gasteiger partial charge in [0.1, 0.15) is 0 Å². The Labute approximate surface area is 415 Å². The molecule has 0 aliphatic heterocycles. The molecule has 0 radical (unpaired) electrons. The summed E-state index contributed by atoms with van der Waals surface area (Å²) in [6, 6.07) is 14.7. The Kier molecular flexibility index (Phi) is 38.9. The summed E-state index contributed by atoms with van der Waals surface area (Å²) >= 11 is 0. The first-order valence-electron chi connectivity index (χ1n) is 28.2. The summed E-state index contributed by atoms with van der Waals surface area (Å²) in [6.45, 7) is 8.91. The molecule has 0 N–H and O–H groups in total. The zero-order chi connectivity index (χ0) is 49.0. The van der Waals surface area contributed by atoms with Gasteiger partial charge in [-0.3, -0.25) is 9.78 Å². The Bertz CT molecular complexity index is 1370. The van der Waals surface area contributed by atoms with E-state index in [0.29, 0.717) is 36.8 Å². The van der Waals surface area contributed by atoms with E-state index in [9.17, 15) is 14.4 Å². The lowest BCUT2D eigenvalue weighted by Gasteiger charge is -2.20. The lowest BCUT2D eigenvalue weighted by atomic mass is 10.0. The minimum atomic E-state index is -1.20. The number of carbonyl (C=O) groups excluding carboxylic acids is 3. The topological polar surface area (TPSA) is 107 Å². The molecule has 0 aliphatic rings. The highest BCUT2D eigenvalue weighted by Gasteiger charge is 2.25. The van der Waals surface area contributed by atoms with Gasteiger partial charge in [0.2, 0.25) is 12.6 Å². The van der Waals surface area contributed by atoms with E-state index in [2.05, 4.69) is 27.7 Å². The number of rotatable bonds is 46. The summed E-state index contributed by atoms with van der Waals surface area (Å²) in [4.78, 5) is 61.1. The summed E-state index contributed by atoms with van der Waals surface area (Å²) < 4.78 is 11.3. The molecule has 2 unspecified atom stereocenters. The van der Waals surface area contributed by atoms with Crippen molar-refractivity contribution < 1.29 is 43.4 Å². The Morgan fingerprint density at radius 2 is 0.588 bits per heavy atom. The van der Waals surface area contributed by atoms with Crippen molar-refractivity contribution in [2.75, 3.05) is 0 Å². The van der Waals surface area contributed by atoms with Crippen molar-refractivity contribution in [2.24, 2.45) is 0 Å². The minimum absolute atomic E-state index is 0.310. The van der Waals surface area contributed by atoms with Gasteiger partial charge in [0.25, 0.3) is 0 Å². The highest BCUT2D eigenvalue weighted by molar-refractivity contribution is 5.89. The number of unbranched alkanes of at least 4 members (excludes halogenated alkanes) is 30. The standard InChI is InChI=1S/C59H98O9/c1-5-9-13-17-19-21-23-25-27-29-31-33-37-41-55(65-67-57(60)53-47-43-51(44-48-53)39-35-15-11-7-3)63-59(62)64-56(42-38-34-32-30-28-26-24-22-20-18-14-10-6-2)66-68-58(61)54-49-45-52(46-50-54)40-36-16-12-8-4/h43-50,55-56H,5-42H2,1-4H3. The van der Waals surface area contributed by atoms with Crippen LogP contribution in [0.1, 0.15) is 291 Å². The van der Waals surface area contributed by atoms with Crippen LogP contribution in [0.3, 0.4) is 0 Å². The molecule has 9 heteroatoms. The van der Waals surface area contributed by atoms with Crippen LogP contribution in [0.25, 0.3) is 0 Å². The molecule has 0 aliphatic carbocycles. The molecule has 2 atom stereocenters. The van der Waals surface area contributed by atoms with Gasteiger partial charge in [0.15, 0.2) is 0 Å². The average Bonchev–Trinajstić information content (AvgIpc) is 3.35. The van der Waals surface area contributed by atoms with E-state index in [1.165, 1.54) is 154 Å². The lowest BCUT2D eigenvalue weighted by Crippen LogP contribution is -2.28. The molecule has 2 aromatic rings. The Hall–Kier alpha value is -3.43. The van der Waals surface area contributed by atoms with Crippen LogP contribution in [0.5, 0.6) is 0 Å². The highest BCUT2D eigenvalue weighted by Crippen LogP contribution is 2.20. The molecule has 9 nitrogen and oxygen atoms in total. The first kappa shape index (κ1) is 60.7. The number of hydrogen-bond donors (Lipinski definition) is 0. The maximum atomic E-state index is 13.4. The van der Waals surface area contributed by atoms with Gasteiger partial charge in [-0.15, -0.1) is 9.78 Å². The van der Waals surface area contributed by atoms with E-state index in [-0.39, 0.29) is 0 Å². The van der Waals surface area contributed by atoms with Crippen molar-refractivity contribution >= 4 is 18.1 Å². The molecular formula is C59H98O9. The zero-order valence-electron chi connectivity index (χ0n) is 43.8. The van der Waals surface area contributed by atoms with E-state index >= 15 is 0 Å². The predicted molar refractivity (Wildman–Crippen MR) is 277 cm³/mol. The number of hydrogen-bond acceptors (Lipinski definition) is 9. The second-order valence-electron chi connectivity index (χ2n) is 19.4. The van der Waals surface area contributed by atoms with Gasteiger partial charge in [0.05, 0.1) is 11.1 Å². The molecule has 388 valence electrons. The Balaban J connectivity index is 1.98. The predicted octanol–water partition coefficient (Wildman–Crippen LogP) is 18.6. The number of aryl methyl sites for hydroxylation is 2. The van der Waals surface area contributed by atoms with E-state index in [4.69, 9.17) is 29.0 Å². The maximum absolute atomic E-state index is 13.4. The fourth-order valence-corrected chi connectivity index (χ4v) is 8.57. The van der Waals surface area contributed by atoms with Crippen LogP contribution < -0.4 is 0 Å². The van der Waals surface area contributed by atoms with Crippen LogP contribution in [-0.2, 0) is 41.9 Å². The molecule has 0 fully saturated rings. The first-order valence-corrected chi connectivity index (χ1v) is 28.2. The average molecular weight is 951 g/mol. The van der Waals surface area contributed by atoms with Gasteiger partial charge < -0.3 is 9.47 Å². The van der Waals surface area contributed by atoms with Gasteiger partial charge >= 0.3 is 18.1 Å². The fraction of sp³-hybridized carbons (Fsp3) is 0.746. The normalized spacial score (nSPS) is 12.2. The molecule has 0 aromatic heterocycles. The SMILES string of the molecule is CCCCCCCCCCCCCCCC(OOC(=O)c1ccc(CCCCCC)cc1)OC(=O)OC(CCCCCCCCCCCCCCC)OOC(=O)c1ccc(CCCCCC)cc1. The van der Waals surface area contributed by atoms with E-state index in [0.717, 1.165) is 75.3 Å². The smallest absolute Gasteiger partial charge is 0.400 e. The molecule has 68 heavy (non-hydrogen) atoms. The Morgan fingerprint density at radius 1 is 0.338 bits per heavy atom. The maximum Gasteiger partial charge on any atom is 0.513 e. The van der Waals surface area contributed by atoms with Crippen LogP contribution >= 0.6 is 0 Å². The van der Waals surface area contributed by atoms with Crippen LogP contribution in [0, 0.1) is 0 Å². The molecule has 0 amide bonds. The quantitative estimate of drug-likeness (QED) is 0.0211. The number of carbonyl (C=O) groups is 3. The summed E-state index contributed by atoms with van der Waals surface area (Å²) in [5, 5.41) is 0. The van der Waals surface area contributed by atoms with Crippen molar-refractivity contribution in [3.8, 4) is 0 Å². The van der Waals surface area contributed by atoms with E-state index < -0.39 is 30.7 Å². The Morgan fingerprint density at radius 3 is 0.868 bits per heavy atom. The molecule has 0 saturated carbocycles. The van der Waals surface area contributed by atoms with Crippen LogP contribution in [0.4, 0.5) is 4.79 Å². The van der Waals surface area contributed by atoms with Gasteiger partial charge in [-0.2, -0.15) is 0 Å². The first-order chi connectivity index (χ1) is 33.4. The third-order valence-corrected chi connectivity index (χ3v) is 13.0. The van der Waals surface area contributed by atoms with Crippen LogP contribution in [0.2, 0.25) is 0 Å². The van der Waals surface area contributed by atoms with Gasteiger partial charge in [-0.05, 0) is 73.9 Å². The summed E-state index contributed by atoms with van der Waals surface area (Å²) in [5.41, 5.74) is 3.02. The molecular weight excluding hydrogens is 853 g/mol. The van der Waals surface area contributed by atoms with Crippen LogP contribution in [-0.4, -0.2) is 30.7 Å². The minimum Gasteiger partial charge on any atom is -0.400 e. The number of benzene rings is 2. The molecule has 0 saturated heterocycles. The monoisotopic (exact) mass is 951 g/mol. The fourth-order valence-electron chi connectivity index (χ4n) is 8.57. The molecule has 0 heterocycles. The van der Waals surface area contributed by atoms with Gasteiger partial charge in [-0.1, -0.05) is 245 Å². The van der Waals surface area contributed by atoms with Crippen molar-refractivity contribution in [1.29, 1.82) is 0 Å². The van der Waals surface area contributed by atoms with Crippen molar-refractivity contribution in [2.45, 2.75) is 284 Å². The van der Waals surface area contributed by atoms with E-state index in [1.807, 2.05) is 24.3 Å². The molecule has 2 aromatic carbocycles. The highest BCUT2D eigenvalue weighted by atomic mass is 17.2. The van der Waals surface area contributed by atoms with Gasteiger partial charge in [0, 0.05) is 12.8 Å². The third-order valence-electron chi connectivity index (χ3n) is 13.0. The second-order valence-corrected chi connectivity index (χ2v) is 19.4. The lowest BCUT2D eigenvalue weighted by molar-refractivity contribution is -0.348. The second kappa shape index (κ2) is 43.6.